The van der Waals surface area contributed by atoms with Crippen molar-refractivity contribution < 1.29 is 5.11 Å². The van der Waals surface area contributed by atoms with Crippen molar-refractivity contribution in [1.29, 1.82) is 0 Å². The summed E-state index contributed by atoms with van der Waals surface area (Å²) in [6, 6.07) is 0. The third-order valence-corrected chi connectivity index (χ3v) is 11.2. The summed E-state index contributed by atoms with van der Waals surface area (Å²) >= 11 is 0. The minimum atomic E-state index is -0.0767. The van der Waals surface area contributed by atoms with Crippen molar-refractivity contribution in [2.75, 3.05) is 0 Å². The second-order valence-electron chi connectivity index (χ2n) is 12.7. The fourth-order valence-corrected chi connectivity index (χ4v) is 9.09. The maximum absolute atomic E-state index is 10.5. The molecule has 2 saturated carbocycles. The highest BCUT2D eigenvalue weighted by Crippen LogP contribution is 2.71. The van der Waals surface area contributed by atoms with Gasteiger partial charge in [-0.25, -0.2) is 0 Å². The topological polar surface area (TPSA) is 20.2 Å². The molecular weight excluding hydrogens is 364 g/mol. The molecule has 0 aliphatic heterocycles. The van der Waals surface area contributed by atoms with Crippen LogP contribution in [-0.4, -0.2) is 11.2 Å². The number of aliphatic hydroxyl groups excluding tert-OH is 1. The molecule has 0 aromatic rings. The Balaban J connectivity index is 1.63. The molecule has 0 amide bonds. The van der Waals surface area contributed by atoms with Crippen molar-refractivity contribution >= 4 is 0 Å². The third-order valence-electron chi connectivity index (χ3n) is 11.2. The quantitative estimate of drug-likeness (QED) is 0.462. The maximum Gasteiger partial charge on any atom is 0.0569 e. The van der Waals surface area contributed by atoms with Crippen LogP contribution in [0.15, 0.2) is 22.8 Å². The van der Waals surface area contributed by atoms with E-state index in [1.165, 1.54) is 63.4 Å². The first kappa shape index (κ1) is 22.6. The summed E-state index contributed by atoms with van der Waals surface area (Å²) in [6.45, 7) is 17.3. The highest BCUT2D eigenvalue weighted by atomic mass is 16.3. The average Bonchev–Trinajstić information content (AvgIpc) is 2.96. The fraction of sp³-hybridized carbons (Fsp3) is 0.862. The molecule has 0 radical (unpaired) electrons. The number of allylic oxidation sites excluding steroid dienone is 4. The second kappa shape index (κ2) is 7.79. The van der Waals surface area contributed by atoms with Gasteiger partial charge in [-0.05, 0) is 118 Å². The second-order valence-corrected chi connectivity index (χ2v) is 12.7. The zero-order chi connectivity index (χ0) is 21.9. The van der Waals surface area contributed by atoms with Crippen LogP contribution in [0.4, 0.5) is 0 Å². The van der Waals surface area contributed by atoms with Gasteiger partial charge < -0.3 is 5.11 Å². The molecule has 1 nitrogen and oxygen atoms in total. The van der Waals surface area contributed by atoms with Crippen LogP contribution in [0.5, 0.6) is 0 Å². The fourth-order valence-electron chi connectivity index (χ4n) is 9.09. The van der Waals surface area contributed by atoms with Crippen molar-refractivity contribution in [1.82, 2.24) is 0 Å². The molecule has 0 bridgehead atoms. The molecule has 4 rings (SSSR count). The normalized spacial score (nSPS) is 46.7. The van der Waals surface area contributed by atoms with E-state index in [4.69, 9.17) is 0 Å². The van der Waals surface area contributed by atoms with E-state index in [1.54, 1.807) is 0 Å². The largest absolute Gasteiger partial charge is 0.393 e. The Labute approximate surface area is 186 Å². The molecule has 4 aliphatic carbocycles. The Morgan fingerprint density at radius 2 is 1.77 bits per heavy atom. The minimum absolute atomic E-state index is 0.0767. The van der Waals surface area contributed by atoms with Crippen LogP contribution in [0.25, 0.3) is 0 Å². The van der Waals surface area contributed by atoms with E-state index in [9.17, 15) is 5.11 Å². The predicted molar refractivity (Wildman–Crippen MR) is 128 cm³/mol. The molecule has 3 unspecified atom stereocenters. The smallest absolute Gasteiger partial charge is 0.0569 e. The number of hydrogen-bond donors (Lipinski definition) is 1. The van der Waals surface area contributed by atoms with Crippen molar-refractivity contribution in [2.45, 2.75) is 119 Å². The Bertz CT molecular complexity index is 727. The average molecular weight is 413 g/mol. The number of hydrogen-bond acceptors (Lipinski definition) is 1. The molecule has 2 fully saturated rings. The van der Waals surface area contributed by atoms with Gasteiger partial charge in [0, 0.05) is 0 Å². The maximum atomic E-state index is 10.5. The first-order valence-corrected chi connectivity index (χ1v) is 13.1. The lowest BCUT2D eigenvalue weighted by Crippen LogP contribution is -2.51. The monoisotopic (exact) mass is 412 g/mol. The van der Waals surface area contributed by atoms with Gasteiger partial charge in [0.15, 0.2) is 0 Å². The summed E-state index contributed by atoms with van der Waals surface area (Å²) in [7, 11) is 0. The van der Waals surface area contributed by atoms with E-state index in [0.29, 0.717) is 28.1 Å². The van der Waals surface area contributed by atoms with E-state index < -0.39 is 0 Å². The van der Waals surface area contributed by atoms with Crippen molar-refractivity contribution in [3.8, 4) is 0 Å². The van der Waals surface area contributed by atoms with Gasteiger partial charge >= 0.3 is 0 Å². The minimum Gasteiger partial charge on any atom is -0.393 e. The molecule has 170 valence electrons. The highest BCUT2D eigenvalue weighted by Gasteiger charge is 2.62. The summed E-state index contributed by atoms with van der Waals surface area (Å²) in [6.07, 6.45) is 15.3. The number of aliphatic hydroxyl groups is 1. The van der Waals surface area contributed by atoms with Gasteiger partial charge in [0.05, 0.1) is 6.10 Å². The summed E-state index contributed by atoms with van der Waals surface area (Å²) in [5.41, 5.74) is 6.44. The Kier molecular flexibility index (Phi) is 5.87. The summed E-state index contributed by atoms with van der Waals surface area (Å²) in [4.78, 5) is 0. The Morgan fingerprint density at radius 3 is 2.47 bits per heavy atom. The molecule has 1 N–H and O–H groups in total. The molecule has 0 aromatic carbocycles. The Morgan fingerprint density at radius 1 is 1.03 bits per heavy atom. The van der Waals surface area contributed by atoms with Crippen LogP contribution in [0.1, 0.15) is 113 Å². The molecule has 0 heterocycles. The van der Waals surface area contributed by atoms with Crippen LogP contribution in [-0.2, 0) is 0 Å². The van der Waals surface area contributed by atoms with Gasteiger partial charge in [-0.3, -0.25) is 0 Å². The number of rotatable bonds is 4. The van der Waals surface area contributed by atoms with Crippen LogP contribution < -0.4 is 0 Å². The third kappa shape index (κ3) is 3.20. The van der Waals surface area contributed by atoms with Crippen LogP contribution in [0, 0.1) is 39.9 Å². The van der Waals surface area contributed by atoms with Crippen LogP contribution in [0.3, 0.4) is 0 Å². The SMILES string of the molecule is CC(C)=CCCC(C)[C@H]1CC[C@@]2(C)C3=C(CC[C@]12C)[C@@]1(C)CC[C@H](O)C(C)C1CC3. The molecular formula is C29H48O. The summed E-state index contributed by atoms with van der Waals surface area (Å²) in [5, 5.41) is 10.5. The molecule has 0 spiro atoms. The molecule has 0 saturated heterocycles. The lowest BCUT2D eigenvalue weighted by Gasteiger charge is -2.60. The van der Waals surface area contributed by atoms with E-state index in [1.807, 2.05) is 11.1 Å². The molecule has 1 heteroatoms. The number of fused-ring (bicyclic) bond motifs is 4. The standard InChI is InChI=1S/C29H48O/c1-19(2)9-8-10-20(3)22-13-17-29(7)25-12-11-23-21(4)26(30)15-16-27(23,5)24(25)14-18-28(22,29)6/h9,20-23,26,30H,8,10-18H2,1-7H3/t20?,21?,22-,23?,26+,27+,28-,29+/m1/s1. The first-order chi connectivity index (χ1) is 14.0. The molecule has 8 atom stereocenters. The van der Waals surface area contributed by atoms with Crippen molar-refractivity contribution in [3.63, 3.8) is 0 Å². The van der Waals surface area contributed by atoms with Crippen molar-refractivity contribution in [3.05, 3.63) is 22.8 Å². The predicted octanol–water partition coefficient (Wildman–Crippen LogP) is 8.09. The molecule has 0 aromatic heterocycles. The zero-order valence-electron chi connectivity index (χ0n) is 21.0. The lowest BCUT2D eigenvalue weighted by molar-refractivity contribution is -0.0412. The highest BCUT2D eigenvalue weighted by molar-refractivity contribution is 5.38. The van der Waals surface area contributed by atoms with Gasteiger partial charge in [-0.2, -0.15) is 0 Å². The van der Waals surface area contributed by atoms with E-state index in [2.05, 4.69) is 54.5 Å². The van der Waals surface area contributed by atoms with E-state index in [-0.39, 0.29) is 6.10 Å². The van der Waals surface area contributed by atoms with Gasteiger partial charge in [-0.1, -0.05) is 57.4 Å². The first-order valence-electron chi connectivity index (χ1n) is 13.1. The van der Waals surface area contributed by atoms with Gasteiger partial charge in [0.1, 0.15) is 0 Å². The summed E-state index contributed by atoms with van der Waals surface area (Å²) < 4.78 is 0. The summed E-state index contributed by atoms with van der Waals surface area (Å²) in [5.74, 6) is 2.85. The van der Waals surface area contributed by atoms with E-state index >= 15 is 0 Å². The van der Waals surface area contributed by atoms with Gasteiger partial charge in [0.2, 0.25) is 0 Å². The molecule has 4 aliphatic rings. The van der Waals surface area contributed by atoms with Crippen molar-refractivity contribution in [2.24, 2.45) is 39.9 Å². The van der Waals surface area contributed by atoms with Gasteiger partial charge in [0.25, 0.3) is 0 Å². The van der Waals surface area contributed by atoms with E-state index in [0.717, 1.165) is 18.3 Å². The Hall–Kier alpha value is -0.560. The van der Waals surface area contributed by atoms with Crippen LogP contribution in [0.2, 0.25) is 0 Å². The van der Waals surface area contributed by atoms with Gasteiger partial charge in [-0.15, -0.1) is 0 Å². The van der Waals surface area contributed by atoms with Crippen LogP contribution >= 0.6 is 0 Å². The lowest BCUT2D eigenvalue weighted by atomic mass is 9.45. The zero-order valence-corrected chi connectivity index (χ0v) is 21.0. The molecule has 30 heavy (non-hydrogen) atoms.